The quantitative estimate of drug-likeness (QED) is 0.502. The maximum atomic E-state index is 11.4. The van der Waals surface area contributed by atoms with Crippen LogP contribution in [0.3, 0.4) is 0 Å². The van der Waals surface area contributed by atoms with Crippen molar-refractivity contribution in [2.24, 2.45) is 0 Å². The summed E-state index contributed by atoms with van der Waals surface area (Å²) in [6.45, 7) is 0.642. The first-order valence-corrected chi connectivity index (χ1v) is 4.64. The molecule has 2 fully saturated rings. The first kappa shape index (κ1) is 9.75. The number of carbonyl (C=O) groups is 3. The van der Waals surface area contributed by atoms with Gasteiger partial charge in [-0.05, 0) is 0 Å². The van der Waals surface area contributed by atoms with Gasteiger partial charge in [-0.3, -0.25) is 9.59 Å². The van der Waals surface area contributed by atoms with E-state index in [0.29, 0.717) is 6.54 Å². The number of hydrogen-bond donors (Lipinski definition) is 2. The van der Waals surface area contributed by atoms with E-state index in [-0.39, 0.29) is 31.4 Å². The average Bonchev–Trinajstić information content (AvgIpc) is 2.23. The molecule has 15 heavy (non-hydrogen) atoms. The van der Waals surface area contributed by atoms with Crippen LogP contribution in [0.15, 0.2) is 0 Å². The van der Waals surface area contributed by atoms with Crippen LogP contribution >= 0.6 is 0 Å². The largest absolute Gasteiger partial charge is 0.465 e. The molecule has 2 aliphatic heterocycles. The number of amides is 3. The SMILES string of the molecule is O=C1NCC(=O)N2CCN(C(=O)O)C[C@H]12. The van der Waals surface area contributed by atoms with Gasteiger partial charge in [0.1, 0.15) is 6.04 Å². The van der Waals surface area contributed by atoms with Crippen molar-refractivity contribution in [1.29, 1.82) is 0 Å². The maximum absolute atomic E-state index is 11.4. The van der Waals surface area contributed by atoms with Gasteiger partial charge in [-0.1, -0.05) is 0 Å². The molecule has 7 heteroatoms. The minimum atomic E-state index is -1.06. The zero-order valence-electron chi connectivity index (χ0n) is 7.97. The summed E-state index contributed by atoms with van der Waals surface area (Å²) in [4.78, 5) is 36.1. The Morgan fingerprint density at radius 3 is 2.80 bits per heavy atom. The van der Waals surface area contributed by atoms with E-state index in [4.69, 9.17) is 5.11 Å². The first-order chi connectivity index (χ1) is 7.09. The smallest absolute Gasteiger partial charge is 0.407 e. The Labute approximate surface area is 85.6 Å². The summed E-state index contributed by atoms with van der Waals surface area (Å²) in [6, 6.07) is -0.656. The Kier molecular flexibility index (Phi) is 2.22. The Morgan fingerprint density at radius 2 is 2.13 bits per heavy atom. The monoisotopic (exact) mass is 213 g/mol. The van der Waals surface area contributed by atoms with Crippen LogP contribution in [0.1, 0.15) is 0 Å². The molecule has 2 heterocycles. The fraction of sp³-hybridized carbons (Fsp3) is 0.625. The second-order valence-corrected chi connectivity index (χ2v) is 3.55. The Balaban J connectivity index is 2.13. The first-order valence-electron chi connectivity index (χ1n) is 4.64. The molecule has 7 nitrogen and oxygen atoms in total. The third-order valence-corrected chi connectivity index (χ3v) is 2.69. The van der Waals surface area contributed by atoms with Crippen LogP contribution in [0.2, 0.25) is 0 Å². The molecular formula is C8H11N3O4. The van der Waals surface area contributed by atoms with E-state index < -0.39 is 12.1 Å². The minimum absolute atomic E-state index is 0.0163. The number of carbonyl (C=O) groups excluding carboxylic acids is 2. The standard InChI is InChI=1S/C8H11N3O4/c12-6-3-9-7(13)5-4-10(8(14)15)1-2-11(5)6/h5H,1-4H2,(H,9,13)(H,14,15)/t5-/m1/s1. The van der Waals surface area contributed by atoms with E-state index in [0.717, 1.165) is 4.90 Å². The van der Waals surface area contributed by atoms with Gasteiger partial charge in [0.05, 0.1) is 13.1 Å². The summed E-state index contributed by atoms with van der Waals surface area (Å²) >= 11 is 0. The van der Waals surface area contributed by atoms with Crippen molar-refractivity contribution in [1.82, 2.24) is 15.1 Å². The van der Waals surface area contributed by atoms with Crippen molar-refractivity contribution in [2.75, 3.05) is 26.2 Å². The molecule has 2 aliphatic rings. The summed E-state index contributed by atoms with van der Waals surface area (Å²) in [5, 5.41) is 11.2. The van der Waals surface area contributed by atoms with Crippen LogP contribution in [0.4, 0.5) is 4.79 Å². The molecule has 0 aliphatic carbocycles. The minimum Gasteiger partial charge on any atom is -0.465 e. The number of rotatable bonds is 0. The van der Waals surface area contributed by atoms with Crippen LogP contribution in [-0.4, -0.2) is 65.0 Å². The van der Waals surface area contributed by atoms with Crippen molar-refractivity contribution < 1.29 is 19.5 Å². The Hall–Kier alpha value is -1.79. The van der Waals surface area contributed by atoms with Gasteiger partial charge in [-0.25, -0.2) is 4.79 Å². The highest BCUT2D eigenvalue weighted by molar-refractivity contribution is 5.95. The van der Waals surface area contributed by atoms with E-state index in [1.54, 1.807) is 0 Å². The lowest BCUT2D eigenvalue weighted by Gasteiger charge is -2.41. The molecule has 0 bridgehead atoms. The average molecular weight is 213 g/mol. The number of nitrogens with zero attached hydrogens (tertiary/aromatic N) is 2. The van der Waals surface area contributed by atoms with E-state index in [9.17, 15) is 14.4 Å². The lowest BCUT2D eigenvalue weighted by atomic mass is 10.1. The highest BCUT2D eigenvalue weighted by Crippen LogP contribution is 2.13. The number of fused-ring (bicyclic) bond motifs is 1. The van der Waals surface area contributed by atoms with Crippen molar-refractivity contribution >= 4 is 17.9 Å². The highest BCUT2D eigenvalue weighted by atomic mass is 16.4. The molecule has 2 saturated heterocycles. The zero-order valence-corrected chi connectivity index (χ0v) is 7.97. The fourth-order valence-electron chi connectivity index (χ4n) is 1.86. The van der Waals surface area contributed by atoms with E-state index in [1.165, 1.54) is 4.90 Å². The van der Waals surface area contributed by atoms with E-state index in [1.807, 2.05) is 0 Å². The van der Waals surface area contributed by atoms with Crippen LogP contribution in [0.25, 0.3) is 0 Å². The Bertz CT molecular complexity index is 330. The van der Waals surface area contributed by atoms with E-state index >= 15 is 0 Å². The summed E-state index contributed by atoms with van der Waals surface area (Å²) in [5.74, 6) is -0.426. The van der Waals surface area contributed by atoms with Crippen LogP contribution in [0, 0.1) is 0 Å². The highest BCUT2D eigenvalue weighted by Gasteiger charge is 2.39. The molecule has 0 aromatic heterocycles. The van der Waals surface area contributed by atoms with Crippen LogP contribution in [0.5, 0.6) is 0 Å². The molecule has 0 spiro atoms. The second-order valence-electron chi connectivity index (χ2n) is 3.55. The normalized spacial score (nSPS) is 26.0. The topological polar surface area (TPSA) is 90.0 Å². The molecular weight excluding hydrogens is 202 g/mol. The van der Waals surface area contributed by atoms with Crippen molar-refractivity contribution in [3.05, 3.63) is 0 Å². The summed E-state index contributed by atoms with van der Waals surface area (Å²) < 4.78 is 0. The summed E-state index contributed by atoms with van der Waals surface area (Å²) in [7, 11) is 0. The molecule has 0 saturated carbocycles. The van der Waals surface area contributed by atoms with Crippen molar-refractivity contribution in [3.63, 3.8) is 0 Å². The number of nitrogens with one attached hydrogen (secondary N) is 1. The fourth-order valence-corrected chi connectivity index (χ4v) is 1.86. The van der Waals surface area contributed by atoms with Crippen LogP contribution < -0.4 is 5.32 Å². The lowest BCUT2D eigenvalue weighted by Crippen LogP contribution is -2.66. The molecule has 2 rings (SSSR count). The Morgan fingerprint density at radius 1 is 1.40 bits per heavy atom. The second kappa shape index (κ2) is 3.41. The predicted molar refractivity (Wildman–Crippen MR) is 48.1 cm³/mol. The van der Waals surface area contributed by atoms with Crippen molar-refractivity contribution in [2.45, 2.75) is 6.04 Å². The third kappa shape index (κ3) is 1.60. The van der Waals surface area contributed by atoms with Crippen molar-refractivity contribution in [3.8, 4) is 0 Å². The van der Waals surface area contributed by atoms with Crippen LogP contribution in [-0.2, 0) is 9.59 Å². The van der Waals surface area contributed by atoms with Gasteiger partial charge < -0.3 is 20.2 Å². The van der Waals surface area contributed by atoms with Gasteiger partial charge in [0.25, 0.3) is 0 Å². The molecule has 3 amide bonds. The van der Waals surface area contributed by atoms with Gasteiger partial charge in [0, 0.05) is 13.1 Å². The number of hydrogen-bond acceptors (Lipinski definition) is 3. The molecule has 0 aromatic carbocycles. The van der Waals surface area contributed by atoms with Gasteiger partial charge in [0.15, 0.2) is 0 Å². The molecule has 1 atom stereocenters. The molecule has 0 aromatic rings. The summed E-state index contributed by atoms with van der Waals surface area (Å²) in [6.07, 6.45) is -1.06. The molecule has 82 valence electrons. The van der Waals surface area contributed by atoms with Gasteiger partial charge in [-0.2, -0.15) is 0 Å². The van der Waals surface area contributed by atoms with Gasteiger partial charge in [-0.15, -0.1) is 0 Å². The molecule has 0 radical (unpaired) electrons. The van der Waals surface area contributed by atoms with Gasteiger partial charge in [0.2, 0.25) is 11.8 Å². The number of carboxylic acid groups (broad SMARTS) is 1. The molecule has 0 unspecified atom stereocenters. The predicted octanol–water partition coefficient (Wildman–Crippen LogP) is -1.69. The lowest BCUT2D eigenvalue weighted by molar-refractivity contribution is -0.148. The third-order valence-electron chi connectivity index (χ3n) is 2.69. The summed E-state index contributed by atoms with van der Waals surface area (Å²) in [5.41, 5.74) is 0. The zero-order chi connectivity index (χ0) is 11.0. The van der Waals surface area contributed by atoms with Gasteiger partial charge >= 0.3 is 6.09 Å². The maximum Gasteiger partial charge on any atom is 0.407 e. The van der Waals surface area contributed by atoms with E-state index in [2.05, 4.69) is 5.32 Å². The number of piperazine rings is 2. The molecule has 2 N–H and O–H groups in total.